The highest BCUT2D eigenvalue weighted by atomic mass is 16.3. The third-order valence-corrected chi connectivity index (χ3v) is 2.72. The standard InChI is InChI=1S/C10H22N2O/c1-9(13)8-12(2)10-4-3-6-11-7-5-10/h9-11,13H,3-8H2,1-2H3/t9-,10?/m1/s1. The molecule has 1 unspecified atom stereocenters. The third kappa shape index (κ3) is 4.07. The minimum atomic E-state index is -0.207. The molecule has 0 aliphatic carbocycles. The average molecular weight is 186 g/mol. The van der Waals surface area contributed by atoms with E-state index in [0.717, 1.165) is 19.6 Å². The van der Waals surface area contributed by atoms with Crippen LogP contribution < -0.4 is 5.32 Å². The van der Waals surface area contributed by atoms with Crippen molar-refractivity contribution in [2.75, 3.05) is 26.7 Å². The van der Waals surface area contributed by atoms with Gasteiger partial charge in [-0.05, 0) is 46.3 Å². The summed E-state index contributed by atoms with van der Waals surface area (Å²) in [6, 6.07) is 0.657. The lowest BCUT2D eigenvalue weighted by molar-refractivity contribution is 0.112. The summed E-state index contributed by atoms with van der Waals surface area (Å²) in [7, 11) is 2.11. The van der Waals surface area contributed by atoms with Crippen LogP contribution in [0.1, 0.15) is 26.2 Å². The van der Waals surface area contributed by atoms with E-state index >= 15 is 0 Å². The number of aliphatic hydroxyl groups excluding tert-OH is 1. The zero-order valence-corrected chi connectivity index (χ0v) is 8.79. The van der Waals surface area contributed by atoms with Gasteiger partial charge in [0.25, 0.3) is 0 Å². The van der Waals surface area contributed by atoms with Gasteiger partial charge in [-0.25, -0.2) is 0 Å². The molecule has 13 heavy (non-hydrogen) atoms. The molecule has 3 nitrogen and oxygen atoms in total. The predicted octanol–water partition coefficient (Wildman–Crippen LogP) is 0.441. The fourth-order valence-electron chi connectivity index (χ4n) is 2.01. The van der Waals surface area contributed by atoms with Crippen molar-refractivity contribution < 1.29 is 5.11 Å². The number of nitrogens with one attached hydrogen (secondary N) is 1. The maximum Gasteiger partial charge on any atom is 0.0639 e. The highest BCUT2D eigenvalue weighted by molar-refractivity contribution is 4.74. The Morgan fingerprint density at radius 3 is 2.92 bits per heavy atom. The molecule has 1 fully saturated rings. The summed E-state index contributed by atoms with van der Waals surface area (Å²) in [5, 5.41) is 12.7. The van der Waals surface area contributed by atoms with Crippen molar-refractivity contribution in [2.24, 2.45) is 0 Å². The molecule has 0 aromatic heterocycles. The molecular weight excluding hydrogens is 164 g/mol. The molecule has 2 atom stereocenters. The van der Waals surface area contributed by atoms with Gasteiger partial charge in [0.05, 0.1) is 6.10 Å². The van der Waals surface area contributed by atoms with Gasteiger partial charge in [0, 0.05) is 12.6 Å². The Balaban J connectivity index is 2.30. The highest BCUT2D eigenvalue weighted by Gasteiger charge is 2.17. The van der Waals surface area contributed by atoms with Crippen LogP contribution in [-0.2, 0) is 0 Å². The van der Waals surface area contributed by atoms with Crippen molar-refractivity contribution in [1.82, 2.24) is 10.2 Å². The largest absolute Gasteiger partial charge is 0.392 e. The van der Waals surface area contributed by atoms with E-state index < -0.39 is 0 Å². The minimum Gasteiger partial charge on any atom is -0.392 e. The van der Waals surface area contributed by atoms with Crippen molar-refractivity contribution in [2.45, 2.75) is 38.3 Å². The molecule has 0 bridgehead atoms. The lowest BCUT2D eigenvalue weighted by atomic mass is 10.1. The van der Waals surface area contributed by atoms with Crippen LogP contribution in [0.25, 0.3) is 0 Å². The van der Waals surface area contributed by atoms with E-state index in [4.69, 9.17) is 0 Å². The Bertz CT molecular complexity index is 131. The van der Waals surface area contributed by atoms with Crippen LogP contribution in [0, 0.1) is 0 Å². The second kappa shape index (κ2) is 5.58. The van der Waals surface area contributed by atoms with Gasteiger partial charge in [-0.15, -0.1) is 0 Å². The molecule has 3 heteroatoms. The zero-order chi connectivity index (χ0) is 9.68. The summed E-state index contributed by atoms with van der Waals surface area (Å²) in [6.07, 6.45) is 3.52. The van der Waals surface area contributed by atoms with Gasteiger partial charge in [-0.3, -0.25) is 0 Å². The van der Waals surface area contributed by atoms with Gasteiger partial charge in [-0.2, -0.15) is 0 Å². The molecule has 1 aliphatic heterocycles. The summed E-state index contributed by atoms with van der Waals surface area (Å²) in [4.78, 5) is 2.29. The molecule has 1 rings (SSSR count). The molecule has 0 aromatic carbocycles. The molecule has 0 radical (unpaired) electrons. The van der Waals surface area contributed by atoms with Crippen molar-refractivity contribution in [3.8, 4) is 0 Å². The molecule has 1 aliphatic rings. The lowest BCUT2D eigenvalue weighted by Crippen LogP contribution is -2.37. The average Bonchev–Trinajstić information content (AvgIpc) is 2.29. The zero-order valence-electron chi connectivity index (χ0n) is 8.79. The monoisotopic (exact) mass is 186 g/mol. The van der Waals surface area contributed by atoms with E-state index in [0.29, 0.717) is 6.04 Å². The first-order valence-corrected chi connectivity index (χ1v) is 5.29. The fourth-order valence-corrected chi connectivity index (χ4v) is 2.01. The molecular formula is C10H22N2O. The molecule has 1 saturated heterocycles. The van der Waals surface area contributed by atoms with E-state index in [1.54, 1.807) is 0 Å². The summed E-state index contributed by atoms with van der Waals surface area (Å²) in [6.45, 7) is 4.92. The van der Waals surface area contributed by atoms with Crippen LogP contribution in [0.5, 0.6) is 0 Å². The van der Waals surface area contributed by atoms with Crippen LogP contribution in [-0.4, -0.2) is 48.8 Å². The van der Waals surface area contributed by atoms with Gasteiger partial charge in [0.15, 0.2) is 0 Å². The Kier molecular flexibility index (Phi) is 4.70. The van der Waals surface area contributed by atoms with Gasteiger partial charge in [0.2, 0.25) is 0 Å². The number of aliphatic hydroxyl groups is 1. The molecule has 1 heterocycles. The van der Waals surface area contributed by atoms with E-state index in [1.165, 1.54) is 19.3 Å². The molecule has 0 spiro atoms. The van der Waals surface area contributed by atoms with Gasteiger partial charge >= 0.3 is 0 Å². The minimum absolute atomic E-state index is 0.207. The predicted molar refractivity (Wildman–Crippen MR) is 54.8 cm³/mol. The molecule has 0 aromatic rings. The molecule has 0 saturated carbocycles. The first kappa shape index (κ1) is 11.0. The first-order chi connectivity index (χ1) is 6.20. The van der Waals surface area contributed by atoms with Gasteiger partial charge in [-0.1, -0.05) is 0 Å². The smallest absolute Gasteiger partial charge is 0.0639 e. The van der Waals surface area contributed by atoms with E-state index in [9.17, 15) is 5.11 Å². The first-order valence-electron chi connectivity index (χ1n) is 5.29. The van der Waals surface area contributed by atoms with E-state index in [1.807, 2.05) is 6.92 Å². The number of likely N-dealkylation sites (N-methyl/N-ethyl adjacent to an activating group) is 1. The number of hydrogen-bond acceptors (Lipinski definition) is 3. The quantitative estimate of drug-likeness (QED) is 0.671. The number of hydrogen-bond donors (Lipinski definition) is 2. The van der Waals surface area contributed by atoms with Crippen LogP contribution >= 0.6 is 0 Å². The Morgan fingerprint density at radius 1 is 1.46 bits per heavy atom. The van der Waals surface area contributed by atoms with Crippen LogP contribution in [0.15, 0.2) is 0 Å². The lowest BCUT2D eigenvalue weighted by Gasteiger charge is -2.27. The van der Waals surface area contributed by atoms with Crippen molar-refractivity contribution in [3.05, 3.63) is 0 Å². The Morgan fingerprint density at radius 2 is 2.23 bits per heavy atom. The molecule has 0 amide bonds. The second-order valence-electron chi connectivity index (χ2n) is 4.12. The maximum absolute atomic E-state index is 9.27. The maximum atomic E-state index is 9.27. The second-order valence-corrected chi connectivity index (χ2v) is 4.12. The number of rotatable bonds is 3. The van der Waals surface area contributed by atoms with Crippen LogP contribution in [0.2, 0.25) is 0 Å². The normalized spacial score (nSPS) is 27.2. The van der Waals surface area contributed by atoms with Crippen LogP contribution in [0.4, 0.5) is 0 Å². The molecule has 2 N–H and O–H groups in total. The fraction of sp³-hybridized carbons (Fsp3) is 1.00. The summed E-state index contributed by atoms with van der Waals surface area (Å²) < 4.78 is 0. The van der Waals surface area contributed by atoms with Crippen LogP contribution in [0.3, 0.4) is 0 Å². The summed E-state index contributed by atoms with van der Waals surface area (Å²) >= 11 is 0. The summed E-state index contributed by atoms with van der Waals surface area (Å²) in [5.74, 6) is 0. The van der Waals surface area contributed by atoms with E-state index in [-0.39, 0.29) is 6.10 Å². The Hall–Kier alpha value is -0.120. The summed E-state index contributed by atoms with van der Waals surface area (Å²) in [5.41, 5.74) is 0. The third-order valence-electron chi connectivity index (χ3n) is 2.72. The van der Waals surface area contributed by atoms with Crippen molar-refractivity contribution in [3.63, 3.8) is 0 Å². The SMILES string of the molecule is C[C@@H](O)CN(C)C1CCCNCC1. The van der Waals surface area contributed by atoms with Crippen molar-refractivity contribution in [1.29, 1.82) is 0 Å². The van der Waals surface area contributed by atoms with Gasteiger partial charge < -0.3 is 15.3 Å². The Labute approximate surface area is 81.1 Å². The van der Waals surface area contributed by atoms with Gasteiger partial charge in [0.1, 0.15) is 0 Å². The molecule has 78 valence electrons. The highest BCUT2D eigenvalue weighted by Crippen LogP contribution is 2.11. The number of nitrogens with zero attached hydrogens (tertiary/aromatic N) is 1. The topological polar surface area (TPSA) is 35.5 Å². The van der Waals surface area contributed by atoms with E-state index in [2.05, 4.69) is 17.3 Å². The van der Waals surface area contributed by atoms with Crippen molar-refractivity contribution >= 4 is 0 Å².